The van der Waals surface area contributed by atoms with Crippen molar-refractivity contribution in [2.24, 2.45) is 0 Å². The number of hydrogen-bond acceptors (Lipinski definition) is 3. The third-order valence-corrected chi connectivity index (χ3v) is 4.18. The van der Waals surface area contributed by atoms with Crippen LogP contribution in [0.5, 0.6) is 5.75 Å². The van der Waals surface area contributed by atoms with Gasteiger partial charge in [-0.2, -0.15) is 0 Å². The summed E-state index contributed by atoms with van der Waals surface area (Å²) in [6.07, 6.45) is 8.12. The van der Waals surface area contributed by atoms with E-state index >= 15 is 0 Å². The van der Waals surface area contributed by atoms with Gasteiger partial charge in [0.15, 0.2) is 0 Å². The zero-order chi connectivity index (χ0) is 18.9. The molecule has 0 bridgehead atoms. The monoisotopic (exact) mass is 360 g/mol. The van der Waals surface area contributed by atoms with Gasteiger partial charge < -0.3 is 10.1 Å². The molecule has 0 unspecified atom stereocenters. The number of carbonyl (C=O) groups is 1. The van der Waals surface area contributed by atoms with Crippen molar-refractivity contribution < 1.29 is 9.53 Å². The van der Waals surface area contributed by atoms with E-state index in [0.717, 1.165) is 35.1 Å². The van der Waals surface area contributed by atoms with E-state index in [2.05, 4.69) is 23.3 Å². The molecule has 0 radical (unpaired) electrons. The molecule has 4 nitrogen and oxygen atoms in total. The summed E-state index contributed by atoms with van der Waals surface area (Å²) in [5, 5.41) is 3.92. The van der Waals surface area contributed by atoms with Crippen LogP contribution >= 0.6 is 0 Å². The molecule has 0 saturated heterocycles. The number of amides is 1. The van der Waals surface area contributed by atoms with Crippen LogP contribution in [0.2, 0.25) is 0 Å². The standard InChI is InChI=1S/C23H24N2O2/c1-2-3-4-5-14-27-21-10-6-8-18(15-21)17-25-23(26)20-11-12-22-19(16-20)9-7-13-24-22/h4-13,15-16H,2-3,14,17H2,1H3,(H,25,26). The zero-order valence-corrected chi connectivity index (χ0v) is 15.5. The fourth-order valence-electron chi connectivity index (χ4n) is 2.74. The number of benzene rings is 2. The third-order valence-electron chi connectivity index (χ3n) is 4.18. The summed E-state index contributed by atoms with van der Waals surface area (Å²) >= 11 is 0. The van der Waals surface area contributed by atoms with E-state index in [9.17, 15) is 4.79 Å². The van der Waals surface area contributed by atoms with Gasteiger partial charge in [-0.05, 0) is 48.4 Å². The normalized spacial score (nSPS) is 11.0. The van der Waals surface area contributed by atoms with Gasteiger partial charge in [0.1, 0.15) is 12.4 Å². The lowest BCUT2D eigenvalue weighted by atomic mass is 10.1. The van der Waals surface area contributed by atoms with Crippen LogP contribution in [-0.2, 0) is 6.54 Å². The quantitative estimate of drug-likeness (QED) is 0.581. The van der Waals surface area contributed by atoms with Crippen molar-refractivity contribution in [2.75, 3.05) is 6.61 Å². The molecule has 0 aliphatic heterocycles. The maximum absolute atomic E-state index is 12.4. The van der Waals surface area contributed by atoms with E-state index in [-0.39, 0.29) is 5.91 Å². The number of pyridine rings is 1. The Morgan fingerprint density at radius 3 is 2.93 bits per heavy atom. The van der Waals surface area contributed by atoms with Crippen LogP contribution < -0.4 is 10.1 Å². The molecule has 3 aromatic rings. The first-order valence-corrected chi connectivity index (χ1v) is 9.26. The summed E-state index contributed by atoms with van der Waals surface area (Å²) < 4.78 is 5.73. The lowest BCUT2D eigenvalue weighted by Crippen LogP contribution is -2.22. The van der Waals surface area contributed by atoms with Crippen LogP contribution in [0.15, 0.2) is 72.9 Å². The molecule has 0 aliphatic carbocycles. The van der Waals surface area contributed by atoms with Crippen molar-refractivity contribution in [1.29, 1.82) is 0 Å². The number of nitrogens with zero attached hydrogens (tertiary/aromatic N) is 1. The smallest absolute Gasteiger partial charge is 0.251 e. The molecule has 0 atom stereocenters. The summed E-state index contributed by atoms with van der Waals surface area (Å²) in [6.45, 7) is 3.16. The Bertz CT molecular complexity index is 934. The number of carbonyl (C=O) groups excluding carboxylic acids is 1. The zero-order valence-electron chi connectivity index (χ0n) is 15.5. The van der Waals surface area contributed by atoms with E-state index < -0.39 is 0 Å². The number of rotatable bonds is 8. The first-order chi connectivity index (χ1) is 13.3. The van der Waals surface area contributed by atoms with Crippen LogP contribution in [0.4, 0.5) is 0 Å². The van der Waals surface area contributed by atoms with Crippen LogP contribution in [0.3, 0.4) is 0 Å². The highest BCUT2D eigenvalue weighted by Crippen LogP contribution is 2.15. The molecule has 1 amide bonds. The minimum absolute atomic E-state index is 0.102. The topological polar surface area (TPSA) is 51.2 Å². The number of ether oxygens (including phenoxy) is 1. The second-order valence-corrected chi connectivity index (χ2v) is 6.31. The second-order valence-electron chi connectivity index (χ2n) is 6.31. The fourth-order valence-corrected chi connectivity index (χ4v) is 2.74. The lowest BCUT2D eigenvalue weighted by molar-refractivity contribution is 0.0951. The van der Waals surface area contributed by atoms with Crippen LogP contribution in [0.1, 0.15) is 35.7 Å². The predicted molar refractivity (Wildman–Crippen MR) is 109 cm³/mol. The molecule has 0 fully saturated rings. The van der Waals surface area contributed by atoms with E-state index in [1.807, 2.05) is 54.6 Å². The summed E-state index contributed by atoms with van der Waals surface area (Å²) in [5.41, 5.74) is 2.51. The summed E-state index contributed by atoms with van der Waals surface area (Å²) in [5.74, 6) is 0.703. The van der Waals surface area contributed by atoms with E-state index in [4.69, 9.17) is 4.74 Å². The number of fused-ring (bicyclic) bond motifs is 1. The predicted octanol–water partition coefficient (Wildman–Crippen LogP) is 4.90. The van der Waals surface area contributed by atoms with Gasteiger partial charge in [0.05, 0.1) is 5.52 Å². The van der Waals surface area contributed by atoms with Crippen molar-refractivity contribution in [3.63, 3.8) is 0 Å². The average molecular weight is 360 g/mol. The summed E-state index contributed by atoms with van der Waals surface area (Å²) in [6, 6.07) is 17.1. The van der Waals surface area contributed by atoms with Crippen molar-refractivity contribution >= 4 is 16.8 Å². The van der Waals surface area contributed by atoms with Gasteiger partial charge >= 0.3 is 0 Å². The number of aromatic nitrogens is 1. The largest absolute Gasteiger partial charge is 0.490 e. The molecular formula is C23H24N2O2. The number of hydrogen-bond donors (Lipinski definition) is 1. The van der Waals surface area contributed by atoms with Gasteiger partial charge in [-0.1, -0.05) is 43.7 Å². The van der Waals surface area contributed by atoms with Gasteiger partial charge in [0.25, 0.3) is 5.91 Å². The van der Waals surface area contributed by atoms with Gasteiger partial charge in [0.2, 0.25) is 0 Å². The lowest BCUT2D eigenvalue weighted by Gasteiger charge is -2.08. The van der Waals surface area contributed by atoms with Gasteiger partial charge in [0, 0.05) is 23.7 Å². The number of allylic oxidation sites excluding steroid dienone is 1. The van der Waals surface area contributed by atoms with Crippen LogP contribution in [0, 0.1) is 0 Å². The third kappa shape index (κ3) is 5.42. The van der Waals surface area contributed by atoms with Gasteiger partial charge in [-0.3, -0.25) is 9.78 Å². The van der Waals surface area contributed by atoms with Crippen molar-refractivity contribution in [3.8, 4) is 5.75 Å². The molecule has 0 aliphatic rings. The van der Waals surface area contributed by atoms with E-state index in [0.29, 0.717) is 18.7 Å². The van der Waals surface area contributed by atoms with Crippen LogP contribution in [-0.4, -0.2) is 17.5 Å². The Balaban J connectivity index is 1.57. The van der Waals surface area contributed by atoms with Gasteiger partial charge in [-0.15, -0.1) is 0 Å². The molecule has 27 heavy (non-hydrogen) atoms. The highest BCUT2D eigenvalue weighted by atomic mass is 16.5. The van der Waals surface area contributed by atoms with Crippen molar-refractivity contribution in [1.82, 2.24) is 10.3 Å². The first-order valence-electron chi connectivity index (χ1n) is 9.26. The Kier molecular flexibility index (Phi) is 6.58. The number of unbranched alkanes of at least 4 members (excludes halogenated alkanes) is 1. The van der Waals surface area contributed by atoms with Crippen molar-refractivity contribution in [2.45, 2.75) is 26.3 Å². The minimum atomic E-state index is -0.102. The minimum Gasteiger partial charge on any atom is -0.490 e. The Morgan fingerprint density at radius 2 is 2.04 bits per heavy atom. The second kappa shape index (κ2) is 9.53. The molecule has 1 N–H and O–H groups in total. The molecular weight excluding hydrogens is 336 g/mol. The Morgan fingerprint density at radius 1 is 1.11 bits per heavy atom. The number of nitrogens with one attached hydrogen (secondary N) is 1. The molecule has 0 spiro atoms. The molecule has 1 aromatic heterocycles. The Labute approximate surface area is 159 Å². The fraction of sp³-hybridized carbons (Fsp3) is 0.217. The summed E-state index contributed by atoms with van der Waals surface area (Å²) in [4.78, 5) is 16.7. The SMILES string of the molecule is CCCC=CCOc1cccc(CNC(=O)c2ccc3ncccc3c2)c1. The highest BCUT2D eigenvalue weighted by molar-refractivity contribution is 5.97. The van der Waals surface area contributed by atoms with Crippen molar-refractivity contribution in [3.05, 3.63) is 84.1 Å². The molecule has 0 saturated carbocycles. The first kappa shape index (κ1) is 18.6. The highest BCUT2D eigenvalue weighted by Gasteiger charge is 2.07. The maximum Gasteiger partial charge on any atom is 0.251 e. The summed E-state index contributed by atoms with van der Waals surface area (Å²) in [7, 11) is 0. The molecule has 1 heterocycles. The molecule has 4 heteroatoms. The van der Waals surface area contributed by atoms with Gasteiger partial charge in [-0.25, -0.2) is 0 Å². The molecule has 138 valence electrons. The maximum atomic E-state index is 12.4. The Hall–Kier alpha value is -3.14. The van der Waals surface area contributed by atoms with E-state index in [1.54, 1.807) is 12.3 Å². The van der Waals surface area contributed by atoms with E-state index in [1.165, 1.54) is 0 Å². The van der Waals surface area contributed by atoms with Crippen LogP contribution in [0.25, 0.3) is 10.9 Å². The molecule has 2 aromatic carbocycles. The average Bonchev–Trinajstić information content (AvgIpc) is 2.72. The molecule has 3 rings (SSSR count).